The molecule has 222 valence electrons. The Morgan fingerprint density at radius 1 is 0.725 bits per heavy atom. The van der Waals surface area contributed by atoms with E-state index >= 15 is 0 Å². The van der Waals surface area contributed by atoms with Crippen molar-refractivity contribution in [2.45, 2.75) is 73.1 Å². The molecule has 0 fully saturated rings. The first-order valence-electron chi connectivity index (χ1n) is 12.8. The molecule has 1 aromatic carbocycles. The SMILES string of the molecule is CCOC(=O)/C(CN(C/C(=N/NC(=O)OC(C)(C)C)C(=O)OCC)Cc1ccccc1)=N\NC(=O)OC(C)(C)C. The summed E-state index contributed by atoms with van der Waals surface area (Å²) in [5.41, 5.74) is 3.38. The quantitative estimate of drug-likeness (QED) is 0.168. The van der Waals surface area contributed by atoms with Gasteiger partial charge in [-0.2, -0.15) is 10.2 Å². The molecule has 1 aromatic rings. The molecule has 40 heavy (non-hydrogen) atoms. The molecule has 0 bridgehead atoms. The fourth-order valence-electron chi connectivity index (χ4n) is 2.98. The van der Waals surface area contributed by atoms with E-state index in [9.17, 15) is 19.2 Å². The predicted octanol–water partition coefficient (Wildman–Crippen LogP) is 3.38. The van der Waals surface area contributed by atoms with Crippen LogP contribution in [0.3, 0.4) is 0 Å². The molecule has 1 rings (SSSR count). The van der Waals surface area contributed by atoms with Crippen molar-refractivity contribution < 1.29 is 38.1 Å². The first-order chi connectivity index (χ1) is 18.6. The van der Waals surface area contributed by atoms with Crippen LogP contribution in [0.15, 0.2) is 40.5 Å². The molecular formula is C27H41N5O8. The summed E-state index contributed by atoms with van der Waals surface area (Å²) in [6.07, 6.45) is -1.72. The highest BCUT2D eigenvalue weighted by Crippen LogP contribution is 2.09. The lowest BCUT2D eigenvalue weighted by Crippen LogP contribution is -2.42. The first kappa shape index (κ1) is 34.0. The van der Waals surface area contributed by atoms with Crippen LogP contribution in [0.1, 0.15) is 61.0 Å². The molecule has 0 atom stereocenters. The van der Waals surface area contributed by atoms with Gasteiger partial charge in [-0.05, 0) is 61.0 Å². The zero-order valence-corrected chi connectivity index (χ0v) is 24.5. The molecule has 0 saturated carbocycles. The molecular weight excluding hydrogens is 522 g/mol. The number of carbonyl (C=O) groups excluding carboxylic acids is 4. The van der Waals surface area contributed by atoms with E-state index in [1.165, 1.54) is 0 Å². The summed E-state index contributed by atoms with van der Waals surface area (Å²) >= 11 is 0. The van der Waals surface area contributed by atoms with Gasteiger partial charge in [-0.1, -0.05) is 30.3 Å². The zero-order chi connectivity index (χ0) is 30.3. The Kier molecular flexibility index (Phi) is 13.8. The largest absolute Gasteiger partial charge is 0.461 e. The Morgan fingerprint density at radius 3 is 1.48 bits per heavy atom. The van der Waals surface area contributed by atoms with E-state index < -0.39 is 35.3 Å². The van der Waals surface area contributed by atoms with Gasteiger partial charge in [-0.3, -0.25) is 4.90 Å². The Morgan fingerprint density at radius 2 is 1.12 bits per heavy atom. The van der Waals surface area contributed by atoms with Gasteiger partial charge in [0.1, 0.15) is 11.2 Å². The lowest BCUT2D eigenvalue weighted by Gasteiger charge is -2.23. The molecule has 0 aliphatic carbocycles. The average molecular weight is 564 g/mol. The number of ether oxygens (including phenoxy) is 4. The van der Waals surface area contributed by atoms with Crippen molar-refractivity contribution in [3.63, 3.8) is 0 Å². The fourth-order valence-corrected chi connectivity index (χ4v) is 2.98. The van der Waals surface area contributed by atoms with E-state index in [0.29, 0.717) is 0 Å². The molecule has 0 radical (unpaired) electrons. The Labute approximate surface area is 235 Å². The number of nitrogens with zero attached hydrogens (tertiary/aromatic N) is 3. The summed E-state index contributed by atoms with van der Waals surface area (Å²) in [5.74, 6) is -1.56. The number of hydrazone groups is 2. The highest BCUT2D eigenvalue weighted by atomic mass is 16.6. The standard InChI is InChI=1S/C27H41N5O8/c1-9-37-22(33)20(28-30-24(35)39-26(3,4)5)17-32(16-19-14-12-11-13-15-19)18-21(23(34)38-10-2)29-31-25(36)40-27(6,7)8/h11-15H,9-10,16-18H2,1-8H3,(H,30,35)(H,31,36)/b28-20-,29-21-. The molecule has 2 amide bonds. The third-order valence-corrected chi connectivity index (χ3v) is 4.38. The number of amides is 2. The van der Waals surface area contributed by atoms with Crippen molar-refractivity contribution >= 4 is 35.5 Å². The van der Waals surface area contributed by atoms with E-state index in [1.54, 1.807) is 60.3 Å². The van der Waals surface area contributed by atoms with Gasteiger partial charge in [0.2, 0.25) is 0 Å². The average Bonchev–Trinajstić information content (AvgIpc) is 2.82. The maximum Gasteiger partial charge on any atom is 0.428 e. The second kappa shape index (κ2) is 16.2. The summed E-state index contributed by atoms with van der Waals surface area (Å²) in [6, 6.07) is 9.23. The molecule has 0 aliphatic rings. The van der Waals surface area contributed by atoms with Crippen molar-refractivity contribution in [1.29, 1.82) is 0 Å². The van der Waals surface area contributed by atoms with Crippen LogP contribution in [0.5, 0.6) is 0 Å². The van der Waals surface area contributed by atoms with Crippen LogP contribution in [0, 0.1) is 0 Å². The number of benzene rings is 1. The van der Waals surface area contributed by atoms with Crippen LogP contribution in [0.25, 0.3) is 0 Å². The van der Waals surface area contributed by atoms with Gasteiger partial charge in [0.15, 0.2) is 11.4 Å². The van der Waals surface area contributed by atoms with Crippen LogP contribution in [-0.2, 0) is 35.1 Å². The van der Waals surface area contributed by atoms with Crippen LogP contribution in [0.4, 0.5) is 9.59 Å². The summed E-state index contributed by atoms with van der Waals surface area (Å²) in [5, 5.41) is 7.88. The van der Waals surface area contributed by atoms with Gasteiger partial charge in [-0.15, -0.1) is 0 Å². The Bertz CT molecular complexity index is 995. The number of esters is 2. The molecule has 0 saturated heterocycles. The molecule has 2 N–H and O–H groups in total. The molecule has 0 spiro atoms. The third kappa shape index (κ3) is 14.8. The number of carbonyl (C=O) groups is 4. The van der Waals surface area contributed by atoms with Crippen LogP contribution in [-0.4, -0.2) is 78.0 Å². The molecule has 0 unspecified atom stereocenters. The van der Waals surface area contributed by atoms with Crippen molar-refractivity contribution in [1.82, 2.24) is 15.8 Å². The molecule has 0 aromatic heterocycles. The summed E-state index contributed by atoms with van der Waals surface area (Å²) in [7, 11) is 0. The first-order valence-corrected chi connectivity index (χ1v) is 12.8. The van der Waals surface area contributed by atoms with Crippen molar-refractivity contribution in [3.05, 3.63) is 35.9 Å². The summed E-state index contributed by atoms with van der Waals surface area (Å²) in [6.45, 7) is 13.4. The second-order valence-electron chi connectivity index (χ2n) is 10.4. The van der Waals surface area contributed by atoms with Gasteiger partial charge in [0.05, 0.1) is 26.3 Å². The highest BCUT2D eigenvalue weighted by molar-refractivity contribution is 6.38. The van der Waals surface area contributed by atoms with Gasteiger partial charge in [0.25, 0.3) is 0 Å². The number of hydrogen-bond acceptors (Lipinski definition) is 11. The topological polar surface area (TPSA) is 157 Å². The van der Waals surface area contributed by atoms with E-state index in [2.05, 4.69) is 21.1 Å². The smallest absolute Gasteiger partial charge is 0.428 e. The van der Waals surface area contributed by atoms with E-state index in [4.69, 9.17) is 18.9 Å². The Balaban J connectivity index is 3.35. The zero-order valence-electron chi connectivity index (χ0n) is 24.5. The van der Waals surface area contributed by atoms with Crippen molar-refractivity contribution in [3.8, 4) is 0 Å². The maximum absolute atomic E-state index is 12.7. The monoisotopic (exact) mass is 563 g/mol. The fraction of sp³-hybridized carbons (Fsp3) is 0.556. The molecule has 0 heterocycles. The van der Waals surface area contributed by atoms with Gasteiger partial charge in [-0.25, -0.2) is 30.0 Å². The summed E-state index contributed by atoms with van der Waals surface area (Å²) < 4.78 is 20.6. The minimum Gasteiger partial charge on any atom is -0.461 e. The van der Waals surface area contributed by atoms with E-state index in [0.717, 1.165) is 5.56 Å². The lowest BCUT2D eigenvalue weighted by molar-refractivity contribution is -0.135. The molecule has 13 heteroatoms. The highest BCUT2D eigenvalue weighted by Gasteiger charge is 2.25. The van der Waals surface area contributed by atoms with Crippen LogP contribution < -0.4 is 10.9 Å². The van der Waals surface area contributed by atoms with E-state index in [1.807, 2.05) is 30.3 Å². The number of nitrogens with one attached hydrogen (secondary N) is 2. The second-order valence-corrected chi connectivity index (χ2v) is 10.4. The minimum absolute atomic E-state index is 0.0678. The lowest BCUT2D eigenvalue weighted by atomic mass is 10.2. The van der Waals surface area contributed by atoms with Crippen molar-refractivity contribution in [2.75, 3.05) is 26.3 Å². The normalized spacial score (nSPS) is 12.4. The van der Waals surface area contributed by atoms with Gasteiger partial charge < -0.3 is 18.9 Å². The molecule has 13 nitrogen and oxygen atoms in total. The van der Waals surface area contributed by atoms with Crippen molar-refractivity contribution in [2.24, 2.45) is 10.2 Å². The van der Waals surface area contributed by atoms with E-state index in [-0.39, 0.29) is 44.3 Å². The van der Waals surface area contributed by atoms with Crippen LogP contribution in [0.2, 0.25) is 0 Å². The van der Waals surface area contributed by atoms with Crippen LogP contribution >= 0.6 is 0 Å². The minimum atomic E-state index is -0.862. The maximum atomic E-state index is 12.7. The number of hydrogen-bond donors (Lipinski definition) is 2. The summed E-state index contributed by atoms with van der Waals surface area (Å²) in [4.78, 5) is 51.4. The van der Waals surface area contributed by atoms with Gasteiger partial charge in [0, 0.05) is 6.54 Å². The molecule has 0 aliphatic heterocycles. The van der Waals surface area contributed by atoms with Gasteiger partial charge >= 0.3 is 24.1 Å². The third-order valence-electron chi connectivity index (χ3n) is 4.38. The Hall–Kier alpha value is -4.00. The predicted molar refractivity (Wildman–Crippen MR) is 149 cm³/mol. The number of rotatable bonds is 12.